The number of allylic oxidation sites excluding steroid dienone is 4. The molecule has 0 spiro atoms. The fourth-order valence-electron chi connectivity index (χ4n) is 6.73. The van der Waals surface area contributed by atoms with Crippen LogP contribution in [0.3, 0.4) is 0 Å². The molecule has 0 saturated heterocycles. The van der Waals surface area contributed by atoms with Crippen LogP contribution >= 0.6 is 0 Å². The van der Waals surface area contributed by atoms with Crippen molar-refractivity contribution in [1.82, 2.24) is 0 Å². The number of hydrogen-bond acceptors (Lipinski definition) is 0. The van der Waals surface area contributed by atoms with Crippen LogP contribution in [-0.2, 0) is 13.1 Å². The SMILES string of the molecule is CCCC/C=C/CCCCCCCCC[N+](CCCCCCCCC/C=C/CCCC)(Cc1ccccc1)Cc1ccccc1. The van der Waals surface area contributed by atoms with E-state index in [-0.39, 0.29) is 0 Å². The second-order valence-corrected chi connectivity index (χ2v) is 13.8. The Bertz CT molecular complexity index is 864. The molecule has 0 fully saturated rings. The van der Waals surface area contributed by atoms with Crippen LogP contribution < -0.4 is 0 Å². The van der Waals surface area contributed by atoms with Gasteiger partial charge in [-0.15, -0.1) is 0 Å². The molecular formula is C44H72N+. The molecule has 252 valence electrons. The van der Waals surface area contributed by atoms with Crippen LogP contribution in [-0.4, -0.2) is 17.6 Å². The van der Waals surface area contributed by atoms with E-state index in [0.29, 0.717) is 0 Å². The molecular weight excluding hydrogens is 542 g/mol. The Kier molecular flexibility index (Phi) is 24.4. The molecule has 0 aromatic heterocycles. The molecule has 1 nitrogen and oxygen atoms in total. The Labute approximate surface area is 281 Å². The lowest BCUT2D eigenvalue weighted by atomic mass is 10.0. The second-order valence-electron chi connectivity index (χ2n) is 13.8. The van der Waals surface area contributed by atoms with Crippen LogP contribution in [0.15, 0.2) is 85.0 Å². The topological polar surface area (TPSA) is 0 Å². The summed E-state index contributed by atoms with van der Waals surface area (Å²) in [5, 5.41) is 0. The Hall–Kier alpha value is -2.12. The molecule has 0 aliphatic carbocycles. The summed E-state index contributed by atoms with van der Waals surface area (Å²) in [5.41, 5.74) is 3.00. The van der Waals surface area contributed by atoms with Gasteiger partial charge in [-0.25, -0.2) is 0 Å². The minimum Gasteiger partial charge on any atom is -0.316 e. The van der Waals surface area contributed by atoms with Crippen molar-refractivity contribution < 1.29 is 4.48 Å². The molecule has 0 amide bonds. The summed E-state index contributed by atoms with van der Waals surface area (Å²) < 4.78 is 1.21. The van der Waals surface area contributed by atoms with E-state index in [1.807, 2.05) is 0 Å². The second kappa shape index (κ2) is 28.1. The highest BCUT2D eigenvalue weighted by atomic mass is 15.3. The lowest BCUT2D eigenvalue weighted by molar-refractivity contribution is -0.954. The van der Waals surface area contributed by atoms with Crippen molar-refractivity contribution >= 4 is 0 Å². The maximum Gasteiger partial charge on any atom is 0.105 e. The van der Waals surface area contributed by atoms with Crippen LogP contribution in [0.5, 0.6) is 0 Å². The molecule has 2 aromatic rings. The summed E-state index contributed by atoms with van der Waals surface area (Å²) in [4.78, 5) is 0. The Morgan fingerprint density at radius 3 is 1.04 bits per heavy atom. The number of benzene rings is 2. The third kappa shape index (κ3) is 21.3. The molecule has 0 unspecified atom stereocenters. The van der Waals surface area contributed by atoms with Gasteiger partial charge in [0.1, 0.15) is 13.1 Å². The first-order valence-electron chi connectivity index (χ1n) is 19.5. The fraction of sp³-hybridized carbons (Fsp3) is 0.636. The molecule has 0 aliphatic heterocycles. The lowest BCUT2D eigenvalue weighted by Crippen LogP contribution is -2.48. The first-order valence-corrected chi connectivity index (χ1v) is 19.5. The van der Waals surface area contributed by atoms with Gasteiger partial charge in [0.05, 0.1) is 13.1 Å². The molecule has 45 heavy (non-hydrogen) atoms. The maximum atomic E-state index is 2.42. The predicted molar refractivity (Wildman–Crippen MR) is 201 cm³/mol. The van der Waals surface area contributed by atoms with Gasteiger partial charge in [-0.1, -0.05) is 176 Å². The Morgan fingerprint density at radius 1 is 0.378 bits per heavy atom. The van der Waals surface area contributed by atoms with E-state index < -0.39 is 0 Å². The Balaban J connectivity index is 1.80. The zero-order valence-electron chi connectivity index (χ0n) is 29.9. The zero-order chi connectivity index (χ0) is 31.9. The van der Waals surface area contributed by atoms with Crippen LogP contribution in [0.1, 0.15) is 166 Å². The van der Waals surface area contributed by atoms with E-state index in [2.05, 4.69) is 98.8 Å². The van der Waals surface area contributed by atoms with Crippen molar-refractivity contribution in [1.29, 1.82) is 0 Å². The number of quaternary nitrogens is 1. The average Bonchev–Trinajstić information content (AvgIpc) is 3.06. The van der Waals surface area contributed by atoms with Crippen molar-refractivity contribution in [3.63, 3.8) is 0 Å². The number of nitrogens with zero attached hydrogens (tertiary/aromatic N) is 1. The number of unbranched alkanes of at least 4 members (excludes halogenated alkanes) is 18. The normalized spacial score (nSPS) is 12.1. The van der Waals surface area contributed by atoms with Crippen LogP contribution in [0.4, 0.5) is 0 Å². The van der Waals surface area contributed by atoms with E-state index in [4.69, 9.17) is 0 Å². The fourth-order valence-corrected chi connectivity index (χ4v) is 6.73. The van der Waals surface area contributed by atoms with Gasteiger partial charge in [0, 0.05) is 11.1 Å². The van der Waals surface area contributed by atoms with E-state index in [9.17, 15) is 0 Å². The van der Waals surface area contributed by atoms with Crippen molar-refractivity contribution in [2.75, 3.05) is 13.1 Å². The molecule has 0 atom stereocenters. The number of hydrogen-bond donors (Lipinski definition) is 0. The van der Waals surface area contributed by atoms with Crippen LogP contribution in [0.25, 0.3) is 0 Å². The first kappa shape index (κ1) is 39.1. The highest BCUT2D eigenvalue weighted by Crippen LogP contribution is 2.24. The molecule has 0 N–H and O–H groups in total. The standard InChI is InChI=1S/C44H72N/c1-3-5-7-9-11-13-15-17-19-21-23-25-33-39-45(41-43-35-29-27-30-36-43,42-44-37-31-28-32-38-44)40-34-26-24-22-20-18-16-14-12-10-8-6-4-2/h9-12,27-32,35-38H,3-8,13-26,33-34,39-42H2,1-2H3/q+1/b11-9+,12-10+. The molecule has 2 rings (SSSR count). The molecule has 0 heterocycles. The largest absolute Gasteiger partial charge is 0.316 e. The summed E-state index contributed by atoms with van der Waals surface area (Å²) in [7, 11) is 0. The minimum absolute atomic E-state index is 1.16. The van der Waals surface area contributed by atoms with Gasteiger partial charge >= 0.3 is 0 Å². The van der Waals surface area contributed by atoms with Gasteiger partial charge < -0.3 is 4.48 Å². The molecule has 1 heteroatoms. The molecule has 0 radical (unpaired) electrons. The van der Waals surface area contributed by atoms with E-state index in [0.717, 1.165) is 13.1 Å². The summed E-state index contributed by atoms with van der Waals surface area (Å²) in [5.74, 6) is 0. The Morgan fingerprint density at radius 2 is 0.689 bits per heavy atom. The average molecular weight is 615 g/mol. The van der Waals surface area contributed by atoms with Gasteiger partial charge in [0.25, 0.3) is 0 Å². The van der Waals surface area contributed by atoms with Crippen LogP contribution in [0.2, 0.25) is 0 Å². The van der Waals surface area contributed by atoms with Gasteiger partial charge in [-0.3, -0.25) is 0 Å². The molecule has 2 aromatic carbocycles. The maximum absolute atomic E-state index is 2.42. The molecule has 0 aliphatic rings. The number of rotatable bonds is 30. The smallest absolute Gasteiger partial charge is 0.105 e. The van der Waals surface area contributed by atoms with E-state index in [1.165, 1.54) is 170 Å². The van der Waals surface area contributed by atoms with Gasteiger partial charge in [-0.2, -0.15) is 0 Å². The first-order chi connectivity index (χ1) is 22.3. The summed E-state index contributed by atoms with van der Waals surface area (Å²) in [6, 6.07) is 22.7. The predicted octanol–water partition coefficient (Wildman–Crippen LogP) is 13.9. The van der Waals surface area contributed by atoms with Crippen molar-refractivity contribution in [3.8, 4) is 0 Å². The highest BCUT2D eigenvalue weighted by Gasteiger charge is 2.27. The highest BCUT2D eigenvalue weighted by molar-refractivity contribution is 5.15. The lowest BCUT2D eigenvalue weighted by Gasteiger charge is -2.39. The van der Waals surface area contributed by atoms with Crippen LogP contribution in [0, 0.1) is 0 Å². The van der Waals surface area contributed by atoms with Crippen molar-refractivity contribution in [2.45, 2.75) is 168 Å². The minimum atomic E-state index is 1.16. The third-order valence-electron chi connectivity index (χ3n) is 9.51. The summed E-state index contributed by atoms with van der Waals surface area (Å²) in [6.07, 6.45) is 39.5. The van der Waals surface area contributed by atoms with E-state index >= 15 is 0 Å². The quantitative estimate of drug-likeness (QED) is 0.0466. The summed E-state index contributed by atoms with van der Waals surface area (Å²) in [6.45, 7) is 9.48. The monoisotopic (exact) mass is 615 g/mol. The summed E-state index contributed by atoms with van der Waals surface area (Å²) >= 11 is 0. The third-order valence-corrected chi connectivity index (χ3v) is 9.51. The zero-order valence-corrected chi connectivity index (χ0v) is 29.9. The molecule has 0 saturated carbocycles. The van der Waals surface area contributed by atoms with Crippen molar-refractivity contribution in [3.05, 3.63) is 96.1 Å². The van der Waals surface area contributed by atoms with Gasteiger partial charge in [0.15, 0.2) is 0 Å². The molecule has 0 bridgehead atoms. The van der Waals surface area contributed by atoms with E-state index in [1.54, 1.807) is 0 Å². The van der Waals surface area contributed by atoms with Crippen molar-refractivity contribution in [2.24, 2.45) is 0 Å². The van der Waals surface area contributed by atoms with Gasteiger partial charge in [-0.05, 0) is 64.2 Å². The van der Waals surface area contributed by atoms with Gasteiger partial charge in [0.2, 0.25) is 0 Å².